The molecular weight excluding hydrogens is 522 g/mol. The van der Waals surface area contributed by atoms with E-state index in [4.69, 9.17) is 14.2 Å². The molecule has 210 valence electrons. The number of carbonyl (C=O) groups is 3. The van der Waals surface area contributed by atoms with E-state index in [0.29, 0.717) is 30.6 Å². The molecule has 0 radical (unpaired) electrons. The van der Waals surface area contributed by atoms with Crippen LogP contribution in [0.4, 0.5) is 13.6 Å². The van der Waals surface area contributed by atoms with Crippen molar-refractivity contribution in [1.82, 2.24) is 9.47 Å². The summed E-state index contributed by atoms with van der Waals surface area (Å²) in [6, 6.07) is 9.64. The van der Waals surface area contributed by atoms with Crippen LogP contribution in [0.2, 0.25) is 0 Å². The van der Waals surface area contributed by atoms with Crippen LogP contribution in [0.25, 0.3) is 11.1 Å². The highest BCUT2D eigenvalue weighted by molar-refractivity contribution is 6.17. The number of nitrogens with zero attached hydrogens (tertiary/aromatic N) is 2. The first-order chi connectivity index (χ1) is 19.0. The zero-order valence-electron chi connectivity index (χ0n) is 22.5. The smallest absolute Gasteiger partial charge is 0.410 e. The Labute approximate surface area is 230 Å². The Morgan fingerprint density at radius 2 is 1.65 bits per heavy atom. The number of benzene rings is 2. The van der Waals surface area contributed by atoms with Crippen molar-refractivity contribution in [3.8, 4) is 22.6 Å². The van der Waals surface area contributed by atoms with E-state index in [-0.39, 0.29) is 29.1 Å². The topological polar surface area (TPSA) is 87.1 Å². The third kappa shape index (κ3) is 5.57. The van der Waals surface area contributed by atoms with Gasteiger partial charge >= 0.3 is 18.0 Å². The first-order valence-corrected chi connectivity index (χ1v) is 13.2. The lowest BCUT2D eigenvalue weighted by Crippen LogP contribution is -2.39. The van der Waals surface area contributed by atoms with E-state index in [1.165, 1.54) is 18.2 Å². The van der Waals surface area contributed by atoms with E-state index in [9.17, 15) is 23.2 Å². The summed E-state index contributed by atoms with van der Waals surface area (Å²) < 4.78 is 45.7. The average Bonchev–Trinajstić information content (AvgIpc) is 3.39. The van der Waals surface area contributed by atoms with Crippen LogP contribution in [0.15, 0.2) is 48.7 Å². The van der Waals surface area contributed by atoms with Crippen LogP contribution < -0.4 is 4.74 Å². The molecule has 1 aromatic heterocycles. The Balaban J connectivity index is 1.42. The fourth-order valence-corrected chi connectivity index (χ4v) is 5.06. The summed E-state index contributed by atoms with van der Waals surface area (Å²) in [5.74, 6) is -3.42. The summed E-state index contributed by atoms with van der Waals surface area (Å²) in [7, 11) is 0. The molecule has 0 aliphatic carbocycles. The first kappa shape index (κ1) is 27.4. The molecule has 40 heavy (non-hydrogen) atoms. The van der Waals surface area contributed by atoms with Crippen LogP contribution in [-0.2, 0) is 9.47 Å². The van der Waals surface area contributed by atoms with Gasteiger partial charge in [0, 0.05) is 30.9 Å². The number of rotatable bonds is 4. The normalized spacial score (nSPS) is 17.6. The Kier molecular flexibility index (Phi) is 7.35. The van der Waals surface area contributed by atoms with Crippen molar-refractivity contribution in [3.05, 3.63) is 71.6 Å². The number of aromatic nitrogens is 1. The molecule has 3 heterocycles. The molecule has 2 aliphatic rings. The van der Waals surface area contributed by atoms with E-state index in [2.05, 4.69) is 0 Å². The van der Waals surface area contributed by atoms with E-state index < -0.39 is 34.9 Å². The Hall–Kier alpha value is -4.21. The zero-order chi connectivity index (χ0) is 28.6. The summed E-state index contributed by atoms with van der Waals surface area (Å²) in [6.07, 6.45) is 4.29. The molecule has 0 saturated carbocycles. The van der Waals surface area contributed by atoms with Crippen LogP contribution in [0, 0.1) is 11.6 Å². The van der Waals surface area contributed by atoms with E-state index in [1.54, 1.807) is 27.8 Å². The molecule has 5 rings (SSSR count). The van der Waals surface area contributed by atoms with Gasteiger partial charge in [-0.15, -0.1) is 0 Å². The van der Waals surface area contributed by atoms with Gasteiger partial charge in [-0.05, 0) is 76.3 Å². The minimum atomic E-state index is -0.829. The number of amides is 1. The molecule has 0 N–H and O–H groups in total. The van der Waals surface area contributed by atoms with Gasteiger partial charge < -0.3 is 23.7 Å². The molecule has 1 unspecified atom stereocenters. The molecule has 10 heteroatoms. The quantitative estimate of drug-likeness (QED) is 0.259. The molecule has 1 atom stereocenters. The molecule has 8 nitrogen and oxygen atoms in total. The predicted octanol–water partition coefficient (Wildman–Crippen LogP) is 6.89. The summed E-state index contributed by atoms with van der Waals surface area (Å²) >= 11 is 0. The van der Waals surface area contributed by atoms with E-state index in [1.807, 2.05) is 20.8 Å². The fraction of sp³-hybridized carbons (Fsp3) is 0.367. The highest BCUT2D eigenvalue weighted by Crippen LogP contribution is 2.38. The second-order valence-corrected chi connectivity index (χ2v) is 10.9. The molecule has 3 aromatic rings. The highest BCUT2D eigenvalue weighted by atomic mass is 19.1. The van der Waals surface area contributed by atoms with Crippen LogP contribution in [0.3, 0.4) is 0 Å². The van der Waals surface area contributed by atoms with Crippen molar-refractivity contribution >= 4 is 18.0 Å². The van der Waals surface area contributed by atoms with Gasteiger partial charge in [-0.3, -0.25) is 0 Å². The van der Waals surface area contributed by atoms with Gasteiger partial charge in [0.05, 0.1) is 0 Å². The molecule has 0 bridgehead atoms. The molecule has 2 aromatic carbocycles. The number of likely N-dealkylation sites (tertiary alicyclic amines) is 1. The summed E-state index contributed by atoms with van der Waals surface area (Å²) in [5, 5.41) is 0. The lowest BCUT2D eigenvalue weighted by molar-refractivity contribution is 0.0223. The van der Waals surface area contributed by atoms with Gasteiger partial charge in [0.1, 0.15) is 22.6 Å². The summed E-state index contributed by atoms with van der Waals surface area (Å²) in [4.78, 5) is 39.8. The fourth-order valence-electron chi connectivity index (χ4n) is 5.06. The van der Waals surface area contributed by atoms with Gasteiger partial charge in [0.25, 0.3) is 0 Å². The number of esters is 2. The van der Waals surface area contributed by atoms with Crippen molar-refractivity contribution in [2.24, 2.45) is 0 Å². The van der Waals surface area contributed by atoms with Crippen LogP contribution in [0.5, 0.6) is 11.5 Å². The second-order valence-electron chi connectivity index (χ2n) is 10.9. The Morgan fingerprint density at radius 3 is 2.33 bits per heavy atom. The molecule has 1 saturated heterocycles. The van der Waals surface area contributed by atoms with Crippen molar-refractivity contribution in [1.29, 1.82) is 0 Å². The molecular formula is C30H30F2N2O6. The molecule has 1 fully saturated rings. The van der Waals surface area contributed by atoms with Crippen LogP contribution in [0.1, 0.15) is 73.3 Å². The Morgan fingerprint density at radius 1 is 0.950 bits per heavy atom. The maximum atomic E-state index is 14.0. The number of hydrogen-bond donors (Lipinski definition) is 0. The molecule has 0 spiro atoms. The standard InChI is InChI=1S/C30H30F2N2O6/c1-30(2,3)40-29(37)33-15-5-4-7-19(14-16-33)34-17-21(24-25(34)28(36)39-27(24)35)18-10-12-20(13-11-18)38-26-22(31)8-6-9-23(26)32/h6,8-13,17,19H,4-5,7,14-16H2,1-3H3. The lowest BCUT2D eigenvalue weighted by Gasteiger charge is -2.31. The van der Waals surface area contributed by atoms with E-state index in [0.717, 1.165) is 31.4 Å². The number of carbonyl (C=O) groups excluding carboxylic acids is 3. The highest BCUT2D eigenvalue weighted by Gasteiger charge is 2.39. The zero-order valence-corrected chi connectivity index (χ0v) is 22.5. The third-order valence-corrected chi connectivity index (χ3v) is 6.91. The van der Waals surface area contributed by atoms with Crippen LogP contribution in [-0.4, -0.2) is 46.2 Å². The monoisotopic (exact) mass is 552 g/mol. The number of fused-ring (bicyclic) bond motifs is 1. The summed E-state index contributed by atoms with van der Waals surface area (Å²) in [6.45, 7) is 6.48. The van der Waals surface area contributed by atoms with Gasteiger partial charge in [-0.25, -0.2) is 23.2 Å². The van der Waals surface area contributed by atoms with Gasteiger partial charge in [0.15, 0.2) is 17.4 Å². The van der Waals surface area contributed by atoms with Gasteiger partial charge in [-0.1, -0.05) is 18.2 Å². The number of halogens is 2. The minimum Gasteiger partial charge on any atom is -0.451 e. The van der Waals surface area contributed by atoms with E-state index >= 15 is 0 Å². The van der Waals surface area contributed by atoms with Gasteiger partial charge in [-0.2, -0.15) is 0 Å². The number of para-hydroxylation sites is 1. The minimum absolute atomic E-state index is 0.155. The maximum Gasteiger partial charge on any atom is 0.410 e. The number of cyclic esters (lactones) is 2. The maximum absolute atomic E-state index is 14.0. The van der Waals surface area contributed by atoms with Crippen LogP contribution >= 0.6 is 0 Å². The first-order valence-electron chi connectivity index (χ1n) is 13.2. The average molecular weight is 553 g/mol. The predicted molar refractivity (Wildman–Crippen MR) is 141 cm³/mol. The summed E-state index contributed by atoms with van der Waals surface area (Å²) in [5.41, 5.74) is 0.848. The van der Waals surface area contributed by atoms with Crippen molar-refractivity contribution in [2.45, 2.75) is 58.1 Å². The van der Waals surface area contributed by atoms with Crippen molar-refractivity contribution in [2.75, 3.05) is 13.1 Å². The largest absolute Gasteiger partial charge is 0.451 e. The lowest BCUT2D eigenvalue weighted by atomic mass is 10.0. The molecule has 2 aliphatic heterocycles. The number of ether oxygens (including phenoxy) is 3. The number of hydrogen-bond acceptors (Lipinski definition) is 6. The van der Waals surface area contributed by atoms with Crippen molar-refractivity contribution < 1.29 is 37.4 Å². The van der Waals surface area contributed by atoms with Crippen molar-refractivity contribution in [3.63, 3.8) is 0 Å². The SMILES string of the molecule is CC(C)(C)OC(=O)N1CCCCC(n2cc(-c3ccc(Oc4c(F)cccc4F)cc3)c3c2C(=O)OC3=O)CC1. The van der Waals surface area contributed by atoms with Gasteiger partial charge in [0.2, 0.25) is 0 Å². The third-order valence-electron chi connectivity index (χ3n) is 6.91. The Bertz CT molecular complexity index is 1440. The second kappa shape index (κ2) is 10.7. The molecule has 1 amide bonds.